The lowest BCUT2D eigenvalue weighted by Gasteiger charge is -2.45. The van der Waals surface area contributed by atoms with Crippen molar-refractivity contribution in [3.63, 3.8) is 0 Å². The number of alkyl carbamates (subject to hydrolysis) is 1. The Morgan fingerprint density at radius 2 is 1.68 bits per heavy atom. The van der Waals surface area contributed by atoms with Crippen LogP contribution in [0.25, 0.3) is 0 Å². The Kier molecular flexibility index (Phi) is 11.6. The van der Waals surface area contributed by atoms with Gasteiger partial charge in [0.25, 0.3) is 0 Å². The van der Waals surface area contributed by atoms with Gasteiger partial charge in [-0.1, -0.05) is 49.9 Å². The van der Waals surface area contributed by atoms with E-state index >= 15 is 0 Å². The molecule has 4 N–H and O–H groups in total. The summed E-state index contributed by atoms with van der Waals surface area (Å²) in [6, 6.07) is 3.82. The Labute approximate surface area is 240 Å². The van der Waals surface area contributed by atoms with E-state index in [-0.39, 0.29) is 24.8 Å². The molecule has 1 saturated carbocycles. The third kappa shape index (κ3) is 9.52. The second kappa shape index (κ2) is 14.0. The molecule has 2 rings (SSSR count). The number of rotatable bonds is 11. The number of ether oxygens (including phenoxy) is 1. The predicted molar refractivity (Wildman–Crippen MR) is 156 cm³/mol. The molecule has 0 spiro atoms. The number of carbonyl (C=O) groups excluding carboxylic acids is 4. The molecule has 0 aliphatic heterocycles. The van der Waals surface area contributed by atoms with Crippen molar-refractivity contribution in [2.24, 2.45) is 5.73 Å². The molecule has 0 saturated heterocycles. The normalized spacial score (nSPS) is 16.0. The fraction of sp³-hybridized carbons (Fsp3) is 0.677. The average Bonchev–Trinajstić information content (AvgIpc) is 2.84. The third-order valence-electron chi connectivity index (χ3n) is 7.60. The number of amides is 4. The summed E-state index contributed by atoms with van der Waals surface area (Å²) in [5.74, 6) is -1.31. The zero-order chi connectivity index (χ0) is 30.3. The monoisotopic (exact) mass is 558 g/mol. The van der Waals surface area contributed by atoms with E-state index in [1.54, 1.807) is 25.7 Å². The number of primary amides is 1. The topological polar surface area (TPSA) is 131 Å². The first-order chi connectivity index (χ1) is 18.6. The average molecular weight is 559 g/mol. The molecule has 1 aromatic carbocycles. The van der Waals surface area contributed by atoms with E-state index in [0.717, 1.165) is 48.8 Å². The van der Waals surface area contributed by atoms with Crippen LogP contribution < -0.4 is 16.4 Å². The van der Waals surface area contributed by atoms with E-state index in [1.165, 1.54) is 0 Å². The van der Waals surface area contributed by atoms with Gasteiger partial charge in [0.2, 0.25) is 17.7 Å². The Morgan fingerprint density at radius 1 is 1.05 bits per heavy atom. The maximum Gasteiger partial charge on any atom is 0.408 e. The molecule has 40 heavy (non-hydrogen) atoms. The minimum atomic E-state index is -1.12. The number of nitrogens with zero attached hydrogens (tertiary/aromatic N) is 1. The molecule has 2 unspecified atom stereocenters. The van der Waals surface area contributed by atoms with Crippen LogP contribution in [-0.4, -0.2) is 51.9 Å². The van der Waals surface area contributed by atoms with Crippen molar-refractivity contribution in [2.75, 3.05) is 0 Å². The summed E-state index contributed by atoms with van der Waals surface area (Å²) in [6.45, 7) is 14.9. The molecule has 1 aliphatic rings. The van der Waals surface area contributed by atoms with Crippen LogP contribution in [0.3, 0.4) is 0 Å². The number of nitrogens with one attached hydrogen (secondary N) is 2. The van der Waals surface area contributed by atoms with Crippen LogP contribution in [-0.2, 0) is 19.1 Å². The van der Waals surface area contributed by atoms with Gasteiger partial charge in [0.1, 0.15) is 17.7 Å². The molecular weight excluding hydrogens is 508 g/mol. The lowest BCUT2D eigenvalue weighted by molar-refractivity contribution is -0.150. The molecule has 1 aromatic rings. The van der Waals surface area contributed by atoms with E-state index in [2.05, 4.69) is 10.6 Å². The summed E-state index contributed by atoms with van der Waals surface area (Å²) >= 11 is 0. The van der Waals surface area contributed by atoms with Gasteiger partial charge in [-0.15, -0.1) is 0 Å². The van der Waals surface area contributed by atoms with Gasteiger partial charge >= 0.3 is 6.09 Å². The Bertz CT molecular complexity index is 1060. The van der Waals surface area contributed by atoms with Gasteiger partial charge in [-0.3, -0.25) is 14.4 Å². The summed E-state index contributed by atoms with van der Waals surface area (Å²) < 4.78 is 5.43. The number of aryl methyl sites for hydroxylation is 2. The Morgan fingerprint density at radius 3 is 2.20 bits per heavy atom. The van der Waals surface area contributed by atoms with Crippen LogP contribution in [0.15, 0.2) is 18.2 Å². The van der Waals surface area contributed by atoms with Crippen molar-refractivity contribution in [3.05, 3.63) is 34.9 Å². The summed E-state index contributed by atoms with van der Waals surface area (Å²) in [5, 5.41) is 5.90. The van der Waals surface area contributed by atoms with Crippen molar-refractivity contribution in [1.82, 2.24) is 15.5 Å². The maximum atomic E-state index is 14.5. The standard InChI is InChI=1S/C31H50N4O5/c1-9-31(7,8)35(28(38)24(17-18-25(32)36)34-29(39)40-30(4,5)6)26(23-16-15-20(2)19-21(23)3)27(37)33-22-13-11-10-12-14-22/h15-16,19,22,24,26H,9-14,17-18H2,1-8H3,(H2,32,36)(H,33,37)(H,34,39). The van der Waals surface area contributed by atoms with Gasteiger partial charge in [-0.25, -0.2) is 4.79 Å². The maximum absolute atomic E-state index is 14.5. The van der Waals surface area contributed by atoms with Gasteiger partial charge in [-0.2, -0.15) is 0 Å². The fourth-order valence-electron chi connectivity index (χ4n) is 5.16. The van der Waals surface area contributed by atoms with Crippen molar-refractivity contribution in [1.29, 1.82) is 0 Å². The van der Waals surface area contributed by atoms with Gasteiger partial charge in [0.15, 0.2) is 0 Å². The van der Waals surface area contributed by atoms with Crippen molar-refractivity contribution >= 4 is 23.8 Å². The molecule has 4 amide bonds. The molecule has 9 heteroatoms. The van der Waals surface area contributed by atoms with Crippen LogP contribution in [0.4, 0.5) is 4.79 Å². The van der Waals surface area contributed by atoms with Gasteiger partial charge < -0.3 is 26.0 Å². The van der Waals surface area contributed by atoms with Crippen LogP contribution >= 0.6 is 0 Å². The molecule has 0 bridgehead atoms. The smallest absolute Gasteiger partial charge is 0.408 e. The second-order valence-electron chi connectivity index (χ2n) is 12.7. The number of carbonyl (C=O) groups is 4. The van der Waals surface area contributed by atoms with Crippen LogP contribution in [0.5, 0.6) is 0 Å². The lowest BCUT2D eigenvalue weighted by Crippen LogP contribution is -2.60. The van der Waals surface area contributed by atoms with Crippen molar-refractivity contribution in [2.45, 2.75) is 136 Å². The highest BCUT2D eigenvalue weighted by Gasteiger charge is 2.44. The number of hydrogen-bond acceptors (Lipinski definition) is 5. The SMILES string of the molecule is CCC(C)(C)N(C(=O)C(CCC(N)=O)NC(=O)OC(C)(C)C)C(C(=O)NC1CCCCC1)c1ccc(C)cc1C. The van der Waals surface area contributed by atoms with E-state index in [0.29, 0.717) is 6.42 Å². The first-order valence-corrected chi connectivity index (χ1v) is 14.5. The highest BCUT2D eigenvalue weighted by atomic mass is 16.6. The number of benzene rings is 1. The number of nitrogens with two attached hydrogens (primary N) is 1. The van der Waals surface area contributed by atoms with E-state index < -0.39 is 41.1 Å². The van der Waals surface area contributed by atoms with Gasteiger partial charge in [0.05, 0.1) is 0 Å². The van der Waals surface area contributed by atoms with Crippen molar-refractivity contribution in [3.8, 4) is 0 Å². The molecule has 9 nitrogen and oxygen atoms in total. The fourth-order valence-corrected chi connectivity index (χ4v) is 5.16. The highest BCUT2D eigenvalue weighted by molar-refractivity contribution is 5.93. The van der Waals surface area contributed by atoms with E-state index in [1.807, 2.05) is 52.8 Å². The quantitative estimate of drug-likeness (QED) is 0.353. The van der Waals surface area contributed by atoms with E-state index in [9.17, 15) is 19.2 Å². The summed E-state index contributed by atoms with van der Waals surface area (Å²) in [4.78, 5) is 54.7. The minimum absolute atomic E-state index is 0.0203. The Hall–Kier alpha value is -3.10. The van der Waals surface area contributed by atoms with Crippen LogP contribution in [0, 0.1) is 13.8 Å². The van der Waals surface area contributed by atoms with Crippen molar-refractivity contribution < 1.29 is 23.9 Å². The summed E-state index contributed by atoms with van der Waals surface area (Å²) in [7, 11) is 0. The molecule has 1 fully saturated rings. The van der Waals surface area contributed by atoms with E-state index in [4.69, 9.17) is 10.5 Å². The molecule has 1 aliphatic carbocycles. The first-order valence-electron chi connectivity index (χ1n) is 14.5. The van der Waals surface area contributed by atoms with Crippen LogP contribution in [0.2, 0.25) is 0 Å². The van der Waals surface area contributed by atoms with Gasteiger partial charge in [0, 0.05) is 18.0 Å². The largest absolute Gasteiger partial charge is 0.444 e. The molecule has 2 atom stereocenters. The lowest BCUT2D eigenvalue weighted by atomic mass is 9.89. The first kappa shape index (κ1) is 33.1. The third-order valence-corrected chi connectivity index (χ3v) is 7.60. The van der Waals surface area contributed by atoms with Gasteiger partial charge in [-0.05, 0) is 85.3 Å². The summed E-state index contributed by atoms with van der Waals surface area (Å²) in [5.41, 5.74) is 6.53. The second-order valence-corrected chi connectivity index (χ2v) is 12.7. The zero-order valence-corrected chi connectivity index (χ0v) is 25.7. The minimum Gasteiger partial charge on any atom is -0.444 e. The zero-order valence-electron chi connectivity index (χ0n) is 25.7. The molecule has 224 valence electrons. The molecule has 0 heterocycles. The molecular formula is C31H50N4O5. The van der Waals surface area contributed by atoms with Crippen LogP contribution in [0.1, 0.15) is 116 Å². The molecule has 0 aromatic heterocycles. The Balaban J connectivity index is 2.62. The highest BCUT2D eigenvalue weighted by Crippen LogP contribution is 2.35. The predicted octanol–water partition coefficient (Wildman–Crippen LogP) is 4.97. The number of hydrogen-bond donors (Lipinski definition) is 3. The summed E-state index contributed by atoms with van der Waals surface area (Å²) in [6.07, 6.45) is 4.69. The molecule has 0 radical (unpaired) electrons.